The van der Waals surface area contributed by atoms with Gasteiger partial charge in [-0.05, 0) is 74.3 Å². The molecular formula is C25H40N4. The third kappa shape index (κ3) is 3.37. The summed E-state index contributed by atoms with van der Waals surface area (Å²) in [6.07, 6.45) is 9.72. The average molecular weight is 397 g/mol. The first-order valence-electron chi connectivity index (χ1n) is 11.8. The molecule has 4 heteroatoms. The molecule has 0 amide bonds. The molecule has 4 rings (SSSR count). The van der Waals surface area contributed by atoms with E-state index in [1.807, 2.05) is 0 Å². The zero-order valence-electron chi connectivity index (χ0n) is 19.7. The van der Waals surface area contributed by atoms with E-state index in [9.17, 15) is 0 Å². The summed E-state index contributed by atoms with van der Waals surface area (Å²) in [5.41, 5.74) is 5.26. The van der Waals surface area contributed by atoms with E-state index >= 15 is 0 Å². The monoisotopic (exact) mass is 396 g/mol. The SMILES string of the molecule is CC(C)[C@H]1CC[C@@H](C)c2nn(C(C)(C)n3cc4c(n3)[C@@H](C)CC[C@@H]4C(C)C)cc21. The third-order valence-electron chi connectivity index (χ3n) is 7.83. The zero-order valence-corrected chi connectivity index (χ0v) is 19.7. The Morgan fingerprint density at radius 2 is 1.14 bits per heavy atom. The molecule has 0 N–H and O–H groups in total. The number of aromatic nitrogens is 4. The largest absolute Gasteiger partial charge is 0.245 e. The predicted molar refractivity (Wildman–Crippen MR) is 120 cm³/mol. The molecule has 0 bridgehead atoms. The molecule has 0 saturated heterocycles. The van der Waals surface area contributed by atoms with Crippen LogP contribution in [0.2, 0.25) is 0 Å². The van der Waals surface area contributed by atoms with Crippen LogP contribution in [0.5, 0.6) is 0 Å². The van der Waals surface area contributed by atoms with Gasteiger partial charge in [-0.25, -0.2) is 9.36 Å². The molecule has 2 aromatic heterocycles. The Morgan fingerprint density at radius 3 is 1.48 bits per heavy atom. The van der Waals surface area contributed by atoms with Crippen LogP contribution in [0.1, 0.15) is 127 Å². The van der Waals surface area contributed by atoms with Crippen molar-refractivity contribution >= 4 is 0 Å². The first kappa shape index (κ1) is 20.7. The van der Waals surface area contributed by atoms with Crippen molar-refractivity contribution < 1.29 is 0 Å². The lowest BCUT2D eigenvalue weighted by Crippen LogP contribution is -2.36. The number of rotatable bonds is 4. The summed E-state index contributed by atoms with van der Waals surface area (Å²) >= 11 is 0. The van der Waals surface area contributed by atoms with Gasteiger partial charge in [0.25, 0.3) is 0 Å². The standard InChI is InChI=1S/C25H40N4/c1-15(2)19-11-9-17(5)23-21(19)13-28(26-23)25(7,8)29-14-22-20(16(3)4)12-10-18(6)24(22)27-29/h13-20H,9-12H2,1-8H3/t17-,18+,19-,20-/m1/s1. The van der Waals surface area contributed by atoms with Crippen molar-refractivity contribution in [3.8, 4) is 0 Å². The molecule has 0 fully saturated rings. The van der Waals surface area contributed by atoms with Gasteiger partial charge in [0.2, 0.25) is 0 Å². The van der Waals surface area contributed by atoms with E-state index in [1.165, 1.54) is 48.2 Å². The second kappa shape index (κ2) is 7.28. The summed E-state index contributed by atoms with van der Waals surface area (Å²) in [5, 5.41) is 10.3. The van der Waals surface area contributed by atoms with Crippen molar-refractivity contribution in [2.24, 2.45) is 11.8 Å². The van der Waals surface area contributed by atoms with Crippen molar-refractivity contribution in [1.82, 2.24) is 19.6 Å². The highest BCUT2D eigenvalue weighted by atomic mass is 15.5. The van der Waals surface area contributed by atoms with Gasteiger partial charge in [0.1, 0.15) is 5.66 Å². The number of fused-ring (bicyclic) bond motifs is 2. The lowest BCUT2D eigenvalue weighted by molar-refractivity contribution is 0.232. The fourth-order valence-electron chi connectivity index (χ4n) is 5.63. The van der Waals surface area contributed by atoms with Crippen LogP contribution >= 0.6 is 0 Å². The molecule has 2 aliphatic carbocycles. The number of hydrogen-bond acceptors (Lipinski definition) is 2. The quantitative estimate of drug-likeness (QED) is 0.584. The summed E-state index contributed by atoms with van der Waals surface area (Å²) in [6.45, 7) is 18.6. The predicted octanol–water partition coefficient (Wildman–Crippen LogP) is 6.59. The van der Waals surface area contributed by atoms with Crippen molar-refractivity contribution in [2.75, 3.05) is 0 Å². The van der Waals surface area contributed by atoms with Gasteiger partial charge in [-0.3, -0.25) is 0 Å². The zero-order chi connectivity index (χ0) is 21.1. The Balaban J connectivity index is 1.75. The van der Waals surface area contributed by atoms with Gasteiger partial charge in [0.15, 0.2) is 0 Å². The van der Waals surface area contributed by atoms with Crippen LogP contribution in [0.3, 0.4) is 0 Å². The Hall–Kier alpha value is -1.58. The topological polar surface area (TPSA) is 35.6 Å². The van der Waals surface area contributed by atoms with E-state index in [-0.39, 0.29) is 5.66 Å². The van der Waals surface area contributed by atoms with E-state index in [0.717, 1.165) is 0 Å². The van der Waals surface area contributed by atoms with Crippen LogP contribution in [-0.2, 0) is 5.66 Å². The van der Waals surface area contributed by atoms with Crippen molar-refractivity contribution in [3.63, 3.8) is 0 Å². The van der Waals surface area contributed by atoms with Gasteiger partial charge in [-0.15, -0.1) is 0 Å². The summed E-state index contributed by atoms with van der Waals surface area (Å²) < 4.78 is 4.39. The molecule has 2 aliphatic rings. The molecule has 0 spiro atoms. The minimum atomic E-state index is -0.308. The van der Waals surface area contributed by atoms with Crippen LogP contribution in [0.25, 0.3) is 0 Å². The Kier molecular flexibility index (Phi) is 5.19. The lowest BCUT2D eigenvalue weighted by Gasteiger charge is -2.28. The van der Waals surface area contributed by atoms with Crippen molar-refractivity contribution in [3.05, 3.63) is 34.9 Å². The minimum absolute atomic E-state index is 0.308. The van der Waals surface area contributed by atoms with E-state index in [0.29, 0.717) is 35.5 Å². The van der Waals surface area contributed by atoms with Crippen LogP contribution in [0.4, 0.5) is 0 Å². The maximum absolute atomic E-state index is 5.15. The molecule has 29 heavy (non-hydrogen) atoms. The molecule has 2 heterocycles. The highest BCUT2D eigenvalue weighted by molar-refractivity contribution is 5.31. The molecule has 0 saturated carbocycles. The molecule has 0 radical (unpaired) electrons. The van der Waals surface area contributed by atoms with E-state index in [1.54, 1.807) is 0 Å². The average Bonchev–Trinajstić information content (AvgIpc) is 3.28. The summed E-state index contributed by atoms with van der Waals surface area (Å²) in [4.78, 5) is 0. The maximum atomic E-state index is 5.15. The Morgan fingerprint density at radius 1 is 0.759 bits per heavy atom. The fourth-order valence-corrected chi connectivity index (χ4v) is 5.63. The number of nitrogens with zero attached hydrogens (tertiary/aromatic N) is 4. The molecule has 4 nitrogen and oxygen atoms in total. The molecule has 160 valence electrons. The maximum Gasteiger partial charge on any atom is 0.148 e. The van der Waals surface area contributed by atoms with Crippen molar-refractivity contribution in [1.29, 1.82) is 0 Å². The third-order valence-corrected chi connectivity index (χ3v) is 7.83. The molecule has 4 atom stereocenters. The van der Waals surface area contributed by atoms with Crippen LogP contribution < -0.4 is 0 Å². The van der Waals surface area contributed by atoms with Crippen LogP contribution in [-0.4, -0.2) is 19.6 Å². The molecular weight excluding hydrogens is 356 g/mol. The Labute approximate surface area is 177 Å². The summed E-state index contributed by atoms with van der Waals surface area (Å²) in [5.74, 6) is 3.67. The van der Waals surface area contributed by atoms with E-state index < -0.39 is 0 Å². The first-order chi connectivity index (χ1) is 13.6. The van der Waals surface area contributed by atoms with Gasteiger partial charge in [0, 0.05) is 24.2 Å². The first-order valence-corrected chi connectivity index (χ1v) is 11.8. The highest BCUT2D eigenvalue weighted by Crippen LogP contribution is 2.44. The fraction of sp³-hybridized carbons (Fsp3) is 0.760. The highest BCUT2D eigenvalue weighted by Gasteiger charge is 2.36. The molecule has 2 aromatic rings. The second-order valence-corrected chi connectivity index (χ2v) is 11.0. The normalized spacial score (nSPS) is 27.4. The van der Waals surface area contributed by atoms with Gasteiger partial charge in [-0.1, -0.05) is 41.5 Å². The minimum Gasteiger partial charge on any atom is -0.245 e. The van der Waals surface area contributed by atoms with Crippen LogP contribution in [0.15, 0.2) is 12.4 Å². The summed E-state index contributed by atoms with van der Waals surface area (Å²) in [6, 6.07) is 0. The summed E-state index contributed by atoms with van der Waals surface area (Å²) in [7, 11) is 0. The Bertz CT molecular complexity index is 799. The van der Waals surface area contributed by atoms with Gasteiger partial charge < -0.3 is 0 Å². The van der Waals surface area contributed by atoms with Crippen LogP contribution in [0, 0.1) is 11.8 Å². The van der Waals surface area contributed by atoms with Gasteiger partial charge in [-0.2, -0.15) is 10.2 Å². The van der Waals surface area contributed by atoms with E-state index in [4.69, 9.17) is 10.2 Å². The van der Waals surface area contributed by atoms with E-state index in [2.05, 4.69) is 77.1 Å². The smallest absolute Gasteiger partial charge is 0.148 e. The molecule has 0 aromatic carbocycles. The second-order valence-electron chi connectivity index (χ2n) is 11.0. The van der Waals surface area contributed by atoms with Crippen molar-refractivity contribution in [2.45, 2.75) is 110 Å². The van der Waals surface area contributed by atoms with Gasteiger partial charge in [0.05, 0.1) is 11.4 Å². The lowest BCUT2D eigenvalue weighted by atomic mass is 9.76. The van der Waals surface area contributed by atoms with Gasteiger partial charge >= 0.3 is 0 Å². The number of hydrogen-bond donors (Lipinski definition) is 0. The molecule has 0 aliphatic heterocycles. The molecule has 0 unspecified atom stereocenters.